The molecule has 0 radical (unpaired) electrons. The fourth-order valence-corrected chi connectivity index (χ4v) is 2.55. The first-order valence-electron chi connectivity index (χ1n) is 7.41. The van der Waals surface area contributed by atoms with Crippen molar-refractivity contribution in [2.24, 2.45) is 0 Å². The Morgan fingerprint density at radius 3 is 2.58 bits per heavy atom. The molecule has 1 aromatic rings. The van der Waals surface area contributed by atoms with Gasteiger partial charge in [0.05, 0.1) is 11.6 Å². The number of carbonyl (C=O) groups excluding carboxylic acids is 1. The van der Waals surface area contributed by atoms with Gasteiger partial charge in [0, 0.05) is 12.5 Å². The van der Waals surface area contributed by atoms with E-state index < -0.39 is 35.6 Å². The Kier molecular flexibility index (Phi) is 5.22. The van der Waals surface area contributed by atoms with Gasteiger partial charge in [0.1, 0.15) is 29.3 Å². The lowest BCUT2D eigenvalue weighted by Gasteiger charge is -2.26. The molecule has 0 saturated carbocycles. The fourth-order valence-electron chi connectivity index (χ4n) is 2.38. The van der Waals surface area contributed by atoms with Crippen LogP contribution in [0.1, 0.15) is 27.2 Å². The Morgan fingerprint density at radius 1 is 1.38 bits per heavy atom. The summed E-state index contributed by atoms with van der Waals surface area (Å²) in [6, 6.07) is 2.82. The molecule has 1 saturated heterocycles. The van der Waals surface area contributed by atoms with Crippen LogP contribution in [0, 0.1) is 5.82 Å². The fraction of sp³-hybridized carbons (Fsp3) is 0.500. The highest BCUT2D eigenvalue weighted by Gasteiger charge is 2.42. The van der Waals surface area contributed by atoms with Gasteiger partial charge < -0.3 is 14.6 Å². The molecule has 0 aromatic heterocycles. The van der Waals surface area contributed by atoms with E-state index in [0.717, 1.165) is 11.0 Å². The topological polar surface area (TPSA) is 76.1 Å². The molecule has 1 aliphatic rings. The lowest BCUT2D eigenvalue weighted by atomic mass is 10.2. The second-order valence-corrected chi connectivity index (χ2v) is 6.95. The maximum atomic E-state index is 13.2. The van der Waals surface area contributed by atoms with E-state index in [1.807, 2.05) is 0 Å². The molecule has 1 amide bonds. The van der Waals surface area contributed by atoms with Gasteiger partial charge in [-0.1, -0.05) is 11.6 Å². The molecule has 1 N–H and O–H groups in total. The predicted molar refractivity (Wildman–Crippen MR) is 84.8 cm³/mol. The van der Waals surface area contributed by atoms with Gasteiger partial charge in [-0.15, -0.1) is 0 Å². The average Bonchev–Trinajstić information content (AvgIpc) is 2.85. The number of carboxylic acid groups (broad SMARTS) is 1. The zero-order valence-corrected chi connectivity index (χ0v) is 14.3. The molecular formula is C16H19ClFNO5. The molecule has 6 nitrogen and oxygen atoms in total. The summed E-state index contributed by atoms with van der Waals surface area (Å²) in [4.78, 5) is 24.7. The Labute approximate surface area is 144 Å². The summed E-state index contributed by atoms with van der Waals surface area (Å²) in [7, 11) is 0. The van der Waals surface area contributed by atoms with Crippen LogP contribution in [0.15, 0.2) is 18.2 Å². The van der Waals surface area contributed by atoms with E-state index >= 15 is 0 Å². The van der Waals surface area contributed by atoms with Crippen LogP contribution in [0.5, 0.6) is 5.75 Å². The number of ether oxygens (including phenoxy) is 2. The highest BCUT2D eigenvalue weighted by atomic mass is 35.5. The maximum absolute atomic E-state index is 13.2. The molecule has 24 heavy (non-hydrogen) atoms. The molecule has 2 unspecified atom stereocenters. The molecule has 0 aliphatic carbocycles. The van der Waals surface area contributed by atoms with Crippen molar-refractivity contribution >= 4 is 23.7 Å². The lowest BCUT2D eigenvalue weighted by Crippen LogP contribution is -2.43. The Hall–Kier alpha value is -2.02. The molecule has 1 aliphatic heterocycles. The summed E-state index contributed by atoms with van der Waals surface area (Å²) in [6.07, 6.45) is -1.16. The molecule has 0 spiro atoms. The van der Waals surface area contributed by atoms with Gasteiger partial charge in [-0.25, -0.2) is 14.0 Å². The quantitative estimate of drug-likeness (QED) is 0.895. The van der Waals surface area contributed by atoms with Crippen molar-refractivity contribution in [3.8, 4) is 5.75 Å². The van der Waals surface area contributed by atoms with E-state index in [0.29, 0.717) is 5.75 Å². The second-order valence-electron chi connectivity index (χ2n) is 6.54. The number of likely N-dealkylation sites (tertiary alicyclic amines) is 1. The number of carbonyl (C=O) groups is 2. The van der Waals surface area contributed by atoms with Crippen LogP contribution in [0.4, 0.5) is 9.18 Å². The van der Waals surface area contributed by atoms with Gasteiger partial charge in [-0.3, -0.25) is 4.90 Å². The van der Waals surface area contributed by atoms with E-state index in [1.165, 1.54) is 12.1 Å². The molecule has 0 bridgehead atoms. The van der Waals surface area contributed by atoms with Gasteiger partial charge in [0.15, 0.2) is 0 Å². The van der Waals surface area contributed by atoms with E-state index in [9.17, 15) is 19.1 Å². The monoisotopic (exact) mass is 359 g/mol. The highest BCUT2D eigenvalue weighted by Crippen LogP contribution is 2.27. The minimum absolute atomic E-state index is 0.0564. The number of amides is 1. The third-order valence-electron chi connectivity index (χ3n) is 3.37. The van der Waals surface area contributed by atoms with Crippen LogP contribution in [0.25, 0.3) is 0 Å². The smallest absolute Gasteiger partial charge is 0.411 e. The molecule has 8 heteroatoms. The molecule has 2 atom stereocenters. The maximum Gasteiger partial charge on any atom is 0.411 e. The van der Waals surface area contributed by atoms with Crippen molar-refractivity contribution in [2.75, 3.05) is 6.54 Å². The first-order chi connectivity index (χ1) is 11.1. The summed E-state index contributed by atoms with van der Waals surface area (Å²) in [5.74, 6) is -1.40. The number of aliphatic carboxylic acids is 1. The third-order valence-corrected chi connectivity index (χ3v) is 3.66. The van der Waals surface area contributed by atoms with E-state index in [-0.39, 0.29) is 18.0 Å². The van der Waals surface area contributed by atoms with Crippen molar-refractivity contribution in [1.82, 2.24) is 4.90 Å². The van der Waals surface area contributed by atoms with Gasteiger partial charge in [-0.05, 0) is 32.9 Å². The SMILES string of the molecule is CC(C)(C)OC(=O)N1CC(Oc2ccc(F)c(Cl)c2)CC1C(=O)O. The van der Waals surface area contributed by atoms with Gasteiger partial charge >= 0.3 is 12.1 Å². The number of hydrogen-bond donors (Lipinski definition) is 1. The van der Waals surface area contributed by atoms with Crippen LogP contribution in [-0.2, 0) is 9.53 Å². The van der Waals surface area contributed by atoms with Crippen molar-refractivity contribution in [3.63, 3.8) is 0 Å². The van der Waals surface area contributed by atoms with Gasteiger partial charge in [0.25, 0.3) is 0 Å². The number of rotatable bonds is 3. The van der Waals surface area contributed by atoms with Crippen molar-refractivity contribution < 1.29 is 28.6 Å². The van der Waals surface area contributed by atoms with Crippen LogP contribution < -0.4 is 4.74 Å². The molecule has 1 fully saturated rings. The first kappa shape index (κ1) is 18.3. The first-order valence-corrected chi connectivity index (χ1v) is 7.79. The Morgan fingerprint density at radius 2 is 2.04 bits per heavy atom. The summed E-state index contributed by atoms with van der Waals surface area (Å²) in [5.41, 5.74) is -0.733. The average molecular weight is 360 g/mol. The Balaban J connectivity index is 2.10. The summed E-state index contributed by atoms with van der Waals surface area (Å²) in [6.45, 7) is 5.16. The van der Waals surface area contributed by atoms with Crippen molar-refractivity contribution in [3.05, 3.63) is 29.0 Å². The number of nitrogens with zero attached hydrogens (tertiary/aromatic N) is 1. The summed E-state index contributed by atoms with van der Waals surface area (Å²) >= 11 is 5.70. The molecule has 132 valence electrons. The zero-order chi connectivity index (χ0) is 18.1. The van der Waals surface area contributed by atoms with Gasteiger partial charge in [0.2, 0.25) is 0 Å². The number of benzene rings is 1. The minimum Gasteiger partial charge on any atom is -0.488 e. The van der Waals surface area contributed by atoms with Crippen LogP contribution in [-0.4, -0.2) is 46.4 Å². The zero-order valence-electron chi connectivity index (χ0n) is 13.6. The van der Waals surface area contributed by atoms with Gasteiger partial charge in [-0.2, -0.15) is 0 Å². The minimum atomic E-state index is -1.14. The summed E-state index contributed by atoms with van der Waals surface area (Å²) < 4.78 is 24.0. The highest BCUT2D eigenvalue weighted by molar-refractivity contribution is 6.30. The molecular weight excluding hydrogens is 341 g/mol. The number of hydrogen-bond acceptors (Lipinski definition) is 4. The van der Waals surface area contributed by atoms with E-state index in [1.54, 1.807) is 20.8 Å². The predicted octanol–water partition coefficient (Wildman–Crippen LogP) is 3.32. The standard InChI is InChI=1S/C16H19ClFNO5/c1-16(2,3)24-15(22)19-8-10(7-13(19)14(20)21)23-9-4-5-12(18)11(17)6-9/h4-6,10,13H,7-8H2,1-3H3,(H,20,21). The van der Waals surface area contributed by atoms with Crippen molar-refractivity contribution in [1.29, 1.82) is 0 Å². The Bertz CT molecular complexity index is 646. The van der Waals surface area contributed by atoms with Crippen molar-refractivity contribution in [2.45, 2.75) is 44.9 Å². The number of carboxylic acids is 1. The summed E-state index contributed by atoms with van der Waals surface area (Å²) in [5, 5.41) is 9.23. The van der Waals surface area contributed by atoms with Crippen LogP contribution in [0.2, 0.25) is 5.02 Å². The third kappa shape index (κ3) is 4.50. The molecule has 2 rings (SSSR count). The molecule has 1 heterocycles. The largest absolute Gasteiger partial charge is 0.488 e. The van der Waals surface area contributed by atoms with E-state index in [4.69, 9.17) is 21.1 Å². The van der Waals surface area contributed by atoms with E-state index in [2.05, 4.69) is 0 Å². The second kappa shape index (κ2) is 6.84. The lowest BCUT2D eigenvalue weighted by molar-refractivity contribution is -0.142. The van der Waals surface area contributed by atoms with Crippen LogP contribution in [0.3, 0.4) is 0 Å². The molecule has 1 aromatic carbocycles. The van der Waals surface area contributed by atoms with Crippen LogP contribution >= 0.6 is 11.6 Å². The number of halogens is 2. The normalized spacial score (nSPS) is 20.8.